The lowest BCUT2D eigenvalue weighted by Gasteiger charge is -2.32. The van der Waals surface area contributed by atoms with E-state index >= 15 is 0 Å². The molecule has 1 aromatic carbocycles. The van der Waals surface area contributed by atoms with Gasteiger partial charge >= 0.3 is 0 Å². The van der Waals surface area contributed by atoms with Crippen molar-refractivity contribution in [2.75, 3.05) is 18.0 Å². The summed E-state index contributed by atoms with van der Waals surface area (Å²) in [7, 11) is 0. The van der Waals surface area contributed by atoms with Gasteiger partial charge in [0, 0.05) is 18.0 Å². The van der Waals surface area contributed by atoms with Crippen LogP contribution in [-0.2, 0) is 0 Å². The number of rotatable bonds is 2. The average molecular weight is 350 g/mol. The molecule has 3 aromatic heterocycles. The Morgan fingerprint density at radius 2 is 2.16 bits per heavy atom. The Morgan fingerprint density at radius 1 is 1.24 bits per heavy atom. The first kappa shape index (κ1) is 14.8. The van der Waals surface area contributed by atoms with E-state index in [0.717, 1.165) is 59.0 Å². The lowest BCUT2D eigenvalue weighted by Crippen LogP contribution is -2.35. The van der Waals surface area contributed by atoms with Crippen molar-refractivity contribution < 1.29 is 4.42 Å². The summed E-state index contributed by atoms with van der Waals surface area (Å²) in [5.41, 5.74) is 1.81. The van der Waals surface area contributed by atoms with Crippen molar-refractivity contribution in [3.8, 4) is 0 Å². The van der Waals surface area contributed by atoms with Crippen molar-refractivity contribution >= 4 is 38.5 Å². The number of para-hydroxylation sites is 2. The molecule has 1 fully saturated rings. The van der Waals surface area contributed by atoms with Gasteiger partial charge in [0.2, 0.25) is 0 Å². The van der Waals surface area contributed by atoms with E-state index in [0.29, 0.717) is 5.92 Å². The predicted octanol–water partition coefficient (Wildman–Crippen LogP) is 4.52. The van der Waals surface area contributed by atoms with Crippen LogP contribution in [0.25, 0.3) is 21.3 Å². The average Bonchev–Trinajstić information content (AvgIpc) is 3.23. The van der Waals surface area contributed by atoms with E-state index in [-0.39, 0.29) is 0 Å². The summed E-state index contributed by atoms with van der Waals surface area (Å²) in [5, 5.41) is 1.16. The summed E-state index contributed by atoms with van der Waals surface area (Å²) in [4.78, 5) is 18.4. The van der Waals surface area contributed by atoms with E-state index in [4.69, 9.17) is 9.40 Å². The number of hydrogen-bond acceptors (Lipinski definition) is 6. The quantitative estimate of drug-likeness (QED) is 0.532. The number of aryl methyl sites for hydroxylation is 1. The van der Waals surface area contributed by atoms with Gasteiger partial charge in [-0.2, -0.15) is 0 Å². The van der Waals surface area contributed by atoms with E-state index in [1.54, 1.807) is 17.7 Å². The Bertz CT molecular complexity index is 1020. The van der Waals surface area contributed by atoms with Crippen molar-refractivity contribution in [1.29, 1.82) is 0 Å². The van der Waals surface area contributed by atoms with Crippen LogP contribution in [0.2, 0.25) is 0 Å². The van der Waals surface area contributed by atoms with Crippen molar-refractivity contribution in [3.63, 3.8) is 0 Å². The molecule has 1 atom stereocenters. The van der Waals surface area contributed by atoms with Gasteiger partial charge in [0.15, 0.2) is 11.5 Å². The Morgan fingerprint density at radius 3 is 3.08 bits per heavy atom. The number of hydrogen-bond donors (Lipinski definition) is 0. The van der Waals surface area contributed by atoms with Gasteiger partial charge < -0.3 is 9.32 Å². The van der Waals surface area contributed by atoms with E-state index in [1.807, 2.05) is 24.3 Å². The first-order valence-corrected chi connectivity index (χ1v) is 9.41. The number of anilines is 1. The lowest BCUT2D eigenvalue weighted by molar-refractivity contribution is 0.413. The number of benzene rings is 1. The minimum Gasteiger partial charge on any atom is -0.440 e. The third-order valence-corrected chi connectivity index (χ3v) is 5.77. The van der Waals surface area contributed by atoms with Gasteiger partial charge in [0.25, 0.3) is 0 Å². The molecule has 0 radical (unpaired) electrons. The molecule has 6 heteroatoms. The zero-order valence-corrected chi connectivity index (χ0v) is 14.8. The smallest absolute Gasteiger partial charge is 0.200 e. The van der Waals surface area contributed by atoms with Crippen LogP contribution in [0.1, 0.15) is 29.5 Å². The van der Waals surface area contributed by atoms with Gasteiger partial charge in [0.1, 0.15) is 22.5 Å². The molecule has 1 unspecified atom stereocenters. The largest absolute Gasteiger partial charge is 0.440 e. The molecule has 5 nitrogen and oxygen atoms in total. The maximum absolute atomic E-state index is 6.01. The molecular weight excluding hydrogens is 332 g/mol. The number of nitrogens with zero attached hydrogens (tertiary/aromatic N) is 4. The molecule has 0 aliphatic carbocycles. The second-order valence-corrected chi connectivity index (χ2v) is 7.81. The van der Waals surface area contributed by atoms with Crippen LogP contribution in [-0.4, -0.2) is 28.0 Å². The van der Waals surface area contributed by atoms with E-state index in [1.165, 1.54) is 4.88 Å². The van der Waals surface area contributed by atoms with Crippen LogP contribution in [0, 0.1) is 6.92 Å². The predicted molar refractivity (Wildman–Crippen MR) is 100 cm³/mol. The summed E-state index contributed by atoms with van der Waals surface area (Å²) >= 11 is 1.72. The van der Waals surface area contributed by atoms with Gasteiger partial charge in [-0.1, -0.05) is 12.1 Å². The first-order valence-electron chi connectivity index (χ1n) is 8.59. The topological polar surface area (TPSA) is 55.1 Å². The van der Waals surface area contributed by atoms with Crippen LogP contribution in [0.5, 0.6) is 0 Å². The van der Waals surface area contributed by atoms with Crippen LogP contribution >= 0.6 is 11.3 Å². The van der Waals surface area contributed by atoms with Crippen molar-refractivity contribution in [3.05, 3.63) is 47.4 Å². The van der Waals surface area contributed by atoms with Gasteiger partial charge in [0.05, 0.1) is 11.3 Å². The van der Waals surface area contributed by atoms with Crippen LogP contribution < -0.4 is 4.90 Å². The molecule has 25 heavy (non-hydrogen) atoms. The number of aromatic nitrogens is 3. The fourth-order valence-corrected chi connectivity index (χ4v) is 4.49. The SMILES string of the molecule is Cc1cc2c(N3CCCC(c4nc5ccccc5o4)C3)ncnc2s1. The van der Waals surface area contributed by atoms with Gasteiger partial charge in [-0.3, -0.25) is 0 Å². The van der Waals surface area contributed by atoms with Gasteiger partial charge in [-0.25, -0.2) is 15.0 Å². The number of fused-ring (bicyclic) bond motifs is 2. The highest BCUT2D eigenvalue weighted by Crippen LogP contribution is 2.35. The second-order valence-electron chi connectivity index (χ2n) is 6.58. The van der Waals surface area contributed by atoms with Crippen LogP contribution in [0.4, 0.5) is 5.82 Å². The summed E-state index contributed by atoms with van der Waals surface area (Å²) in [6, 6.07) is 10.2. The molecule has 5 rings (SSSR count). The molecule has 0 spiro atoms. The molecule has 0 saturated carbocycles. The zero-order chi connectivity index (χ0) is 16.8. The lowest BCUT2D eigenvalue weighted by atomic mass is 9.98. The molecule has 4 heterocycles. The summed E-state index contributed by atoms with van der Waals surface area (Å²) < 4.78 is 6.01. The van der Waals surface area contributed by atoms with E-state index in [2.05, 4.69) is 27.9 Å². The monoisotopic (exact) mass is 350 g/mol. The zero-order valence-electron chi connectivity index (χ0n) is 14.0. The van der Waals surface area contributed by atoms with Crippen molar-refractivity contribution in [2.24, 2.45) is 0 Å². The molecule has 1 aliphatic rings. The Kier molecular flexibility index (Phi) is 3.45. The summed E-state index contributed by atoms with van der Waals surface area (Å²) in [6.45, 7) is 4.01. The molecule has 0 bridgehead atoms. The third kappa shape index (κ3) is 2.57. The molecule has 0 amide bonds. The van der Waals surface area contributed by atoms with E-state index in [9.17, 15) is 0 Å². The second kappa shape index (κ2) is 5.81. The summed E-state index contributed by atoms with van der Waals surface area (Å²) in [5.74, 6) is 2.18. The molecule has 0 N–H and O–H groups in total. The highest BCUT2D eigenvalue weighted by atomic mass is 32.1. The fourth-order valence-electron chi connectivity index (χ4n) is 3.65. The van der Waals surface area contributed by atoms with Crippen LogP contribution in [0.15, 0.2) is 41.1 Å². The van der Waals surface area contributed by atoms with Gasteiger partial charge in [-0.15, -0.1) is 11.3 Å². The minimum absolute atomic E-state index is 0.297. The molecule has 1 aliphatic heterocycles. The summed E-state index contributed by atoms with van der Waals surface area (Å²) in [6.07, 6.45) is 3.88. The molecular formula is C19H18N4OS. The van der Waals surface area contributed by atoms with Gasteiger partial charge in [-0.05, 0) is 38.0 Å². The maximum Gasteiger partial charge on any atom is 0.200 e. The number of thiophene rings is 1. The minimum atomic E-state index is 0.297. The van der Waals surface area contributed by atoms with Crippen molar-refractivity contribution in [1.82, 2.24) is 15.0 Å². The third-order valence-electron chi connectivity index (χ3n) is 4.81. The highest BCUT2D eigenvalue weighted by Gasteiger charge is 2.27. The van der Waals surface area contributed by atoms with Crippen LogP contribution in [0.3, 0.4) is 0 Å². The number of piperidine rings is 1. The Labute approximate surface area is 149 Å². The fraction of sp³-hybridized carbons (Fsp3) is 0.316. The molecule has 4 aromatic rings. The Balaban J connectivity index is 1.49. The molecule has 126 valence electrons. The normalized spacial score (nSPS) is 18.3. The number of oxazole rings is 1. The Hall–Kier alpha value is -2.47. The molecule has 1 saturated heterocycles. The highest BCUT2D eigenvalue weighted by molar-refractivity contribution is 7.18. The first-order chi connectivity index (χ1) is 12.3. The van der Waals surface area contributed by atoms with Crippen molar-refractivity contribution in [2.45, 2.75) is 25.7 Å². The maximum atomic E-state index is 6.01. The standard InChI is InChI=1S/C19H18N4OS/c1-12-9-14-17(20-11-21-19(14)25-12)23-8-4-5-13(10-23)18-22-15-6-2-3-7-16(15)24-18/h2-3,6-7,9,11,13H,4-5,8,10H2,1H3. The van der Waals surface area contributed by atoms with E-state index < -0.39 is 0 Å².